The average Bonchev–Trinajstić information content (AvgIpc) is 3.09. The minimum atomic E-state index is 0.389. The first kappa shape index (κ1) is 16.1. The second-order valence-corrected chi connectivity index (χ2v) is 5.29. The van der Waals surface area contributed by atoms with Crippen molar-refractivity contribution in [2.24, 2.45) is 0 Å². The number of nitrogens with zero attached hydrogens (tertiary/aromatic N) is 2. The Morgan fingerprint density at radius 2 is 1.79 bits per heavy atom. The maximum absolute atomic E-state index is 6.11. The third-order valence-electron chi connectivity index (χ3n) is 3.39. The Labute approximate surface area is 144 Å². The van der Waals surface area contributed by atoms with Crippen LogP contribution in [0.15, 0.2) is 47.0 Å². The quantitative estimate of drug-likeness (QED) is 0.679. The summed E-state index contributed by atoms with van der Waals surface area (Å²) in [5.41, 5.74) is 1.65. The Balaban J connectivity index is 1.84. The molecule has 0 N–H and O–H groups in total. The van der Waals surface area contributed by atoms with Gasteiger partial charge >= 0.3 is 0 Å². The van der Waals surface area contributed by atoms with Crippen molar-refractivity contribution in [1.29, 1.82) is 0 Å². The molecule has 0 spiro atoms. The summed E-state index contributed by atoms with van der Waals surface area (Å²) in [6, 6.07) is 13.0. The van der Waals surface area contributed by atoms with E-state index in [0.29, 0.717) is 28.2 Å². The molecule has 3 rings (SSSR count). The fourth-order valence-corrected chi connectivity index (χ4v) is 2.37. The van der Waals surface area contributed by atoms with E-state index in [1.165, 1.54) is 0 Å². The van der Waals surface area contributed by atoms with Crippen LogP contribution in [0.4, 0.5) is 0 Å². The van der Waals surface area contributed by atoms with Crippen molar-refractivity contribution in [2.75, 3.05) is 14.2 Å². The third kappa shape index (κ3) is 3.41. The van der Waals surface area contributed by atoms with Crippen molar-refractivity contribution >= 4 is 23.8 Å². The minimum absolute atomic E-state index is 0.389. The summed E-state index contributed by atoms with van der Waals surface area (Å²) < 4.78 is 15.7. The summed E-state index contributed by atoms with van der Waals surface area (Å²) in [5, 5.41) is 4.65. The zero-order valence-electron chi connectivity index (χ0n) is 13.2. The second kappa shape index (κ2) is 7.19. The van der Waals surface area contributed by atoms with Crippen molar-refractivity contribution in [3.8, 4) is 22.9 Å². The van der Waals surface area contributed by atoms with Gasteiger partial charge in [-0.25, -0.2) is 0 Å². The van der Waals surface area contributed by atoms with E-state index in [0.717, 1.165) is 11.1 Å². The highest BCUT2D eigenvalue weighted by atomic mass is 35.5. The van der Waals surface area contributed by atoms with Crippen LogP contribution in [0.25, 0.3) is 23.5 Å². The number of halogens is 1. The number of hydrogen-bond donors (Lipinski definition) is 0. The molecule has 24 heavy (non-hydrogen) atoms. The lowest BCUT2D eigenvalue weighted by atomic mass is 10.2. The SMILES string of the molecule is COc1ccc(-c2noc(/C=C/c3ccccc3Cl)n2)cc1OC. The Hall–Kier alpha value is -2.79. The highest BCUT2D eigenvalue weighted by molar-refractivity contribution is 6.32. The summed E-state index contributed by atoms with van der Waals surface area (Å²) in [6.07, 6.45) is 3.55. The maximum atomic E-state index is 6.11. The van der Waals surface area contributed by atoms with Gasteiger partial charge in [-0.05, 0) is 35.9 Å². The van der Waals surface area contributed by atoms with E-state index >= 15 is 0 Å². The predicted octanol–water partition coefficient (Wildman–Crippen LogP) is 4.58. The van der Waals surface area contributed by atoms with Gasteiger partial charge in [0.2, 0.25) is 5.82 Å². The smallest absolute Gasteiger partial charge is 0.250 e. The van der Waals surface area contributed by atoms with E-state index < -0.39 is 0 Å². The van der Waals surface area contributed by atoms with Crippen LogP contribution in [0.5, 0.6) is 11.5 Å². The largest absolute Gasteiger partial charge is 0.493 e. The molecule has 0 fully saturated rings. The van der Waals surface area contributed by atoms with Crippen molar-refractivity contribution in [2.45, 2.75) is 0 Å². The van der Waals surface area contributed by atoms with Crippen LogP contribution in [0.2, 0.25) is 5.02 Å². The lowest BCUT2D eigenvalue weighted by Gasteiger charge is -2.07. The number of aromatic nitrogens is 2. The van der Waals surface area contributed by atoms with Crippen LogP contribution in [0.3, 0.4) is 0 Å². The number of rotatable bonds is 5. The van der Waals surface area contributed by atoms with Crippen LogP contribution >= 0.6 is 11.6 Å². The number of benzene rings is 2. The lowest BCUT2D eigenvalue weighted by molar-refractivity contribution is 0.355. The first-order chi connectivity index (χ1) is 11.7. The molecule has 0 amide bonds. The molecule has 0 aliphatic carbocycles. The maximum Gasteiger partial charge on any atom is 0.250 e. The molecule has 2 aromatic carbocycles. The fourth-order valence-electron chi connectivity index (χ4n) is 2.17. The molecule has 6 heteroatoms. The zero-order valence-corrected chi connectivity index (χ0v) is 13.9. The predicted molar refractivity (Wildman–Crippen MR) is 93.2 cm³/mol. The van der Waals surface area contributed by atoms with E-state index in [1.807, 2.05) is 36.4 Å². The molecule has 1 aromatic heterocycles. The summed E-state index contributed by atoms with van der Waals surface area (Å²) in [7, 11) is 3.17. The fraction of sp³-hybridized carbons (Fsp3) is 0.111. The summed E-state index contributed by atoms with van der Waals surface area (Å²) >= 11 is 6.11. The number of ether oxygens (including phenoxy) is 2. The van der Waals surface area contributed by atoms with Gasteiger partial charge < -0.3 is 14.0 Å². The molecular weight excluding hydrogens is 328 g/mol. The Morgan fingerprint density at radius 1 is 1.00 bits per heavy atom. The highest BCUT2D eigenvalue weighted by Crippen LogP contribution is 2.31. The molecule has 0 aliphatic heterocycles. The molecular formula is C18H15ClN2O3. The van der Waals surface area contributed by atoms with Crippen LogP contribution in [0, 0.1) is 0 Å². The highest BCUT2D eigenvalue weighted by Gasteiger charge is 2.11. The van der Waals surface area contributed by atoms with Crippen molar-refractivity contribution in [1.82, 2.24) is 10.1 Å². The Bertz CT molecular complexity index is 874. The van der Waals surface area contributed by atoms with E-state index in [-0.39, 0.29) is 0 Å². The molecule has 0 atom stereocenters. The van der Waals surface area contributed by atoms with Gasteiger partial charge in [-0.3, -0.25) is 0 Å². The van der Waals surface area contributed by atoms with Crippen molar-refractivity contribution in [3.05, 3.63) is 58.9 Å². The summed E-state index contributed by atoms with van der Waals surface area (Å²) in [4.78, 5) is 4.35. The number of hydrogen-bond acceptors (Lipinski definition) is 5. The van der Waals surface area contributed by atoms with E-state index in [1.54, 1.807) is 32.4 Å². The van der Waals surface area contributed by atoms with Crippen molar-refractivity contribution < 1.29 is 14.0 Å². The van der Waals surface area contributed by atoms with Gasteiger partial charge in [0.25, 0.3) is 5.89 Å². The van der Waals surface area contributed by atoms with Crippen LogP contribution in [0.1, 0.15) is 11.5 Å². The molecule has 1 heterocycles. The normalized spacial score (nSPS) is 11.0. The van der Waals surface area contributed by atoms with Crippen LogP contribution in [-0.4, -0.2) is 24.4 Å². The van der Waals surface area contributed by atoms with Gasteiger partial charge in [0.05, 0.1) is 14.2 Å². The number of methoxy groups -OCH3 is 2. The summed E-state index contributed by atoms with van der Waals surface area (Å²) in [5.74, 6) is 2.10. The van der Waals surface area contributed by atoms with Crippen molar-refractivity contribution in [3.63, 3.8) is 0 Å². The second-order valence-electron chi connectivity index (χ2n) is 4.88. The monoisotopic (exact) mass is 342 g/mol. The molecule has 0 saturated carbocycles. The molecule has 0 saturated heterocycles. The Kier molecular flexibility index (Phi) is 4.82. The third-order valence-corrected chi connectivity index (χ3v) is 3.74. The molecule has 0 radical (unpaired) electrons. The van der Waals surface area contributed by atoms with E-state index in [4.69, 9.17) is 25.6 Å². The first-order valence-electron chi connectivity index (χ1n) is 7.20. The topological polar surface area (TPSA) is 57.4 Å². The van der Waals surface area contributed by atoms with Gasteiger partial charge in [-0.1, -0.05) is 35.0 Å². The lowest BCUT2D eigenvalue weighted by Crippen LogP contribution is -1.91. The van der Waals surface area contributed by atoms with Gasteiger partial charge in [-0.2, -0.15) is 4.98 Å². The van der Waals surface area contributed by atoms with E-state index in [9.17, 15) is 0 Å². The summed E-state index contributed by atoms with van der Waals surface area (Å²) in [6.45, 7) is 0. The average molecular weight is 343 g/mol. The molecule has 0 aliphatic rings. The van der Waals surface area contributed by atoms with Gasteiger partial charge in [0, 0.05) is 16.7 Å². The standard InChI is InChI=1S/C18H15ClN2O3/c1-22-15-9-7-13(11-16(15)23-2)18-20-17(24-21-18)10-8-12-5-3-4-6-14(12)19/h3-11H,1-2H3/b10-8+. The van der Waals surface area contributed by atoms with Gasteiger partial charge in [0.15, 0.2) is 11.5 Å². The van der Waals surface area contributed by atoms with Crippen LogP contribution < -0.4 is 9.47 Å². The molecule has 122 valence electrons. The van der Waals surface area contributed by atoms with Gasteiger partial charge in [-0.15, -0.1) is 0 Å². The molecule has 5 nitrogen and oxygen atoms in total. The first-order valence-corrected chi connectivity index (χ1v) is 7.58. The minimum Gasteiger partial charge on any atom is -0.493 e. The molecule has 0 unspecified atom stereocenters. The van der Waals surface area contributed by atoms with Gasteiger partial charge in [0.1, 0.15) is 0 Å². The molecule has 3 aromatic rings. The zero-order chi connectivity index (χ0) is 16.9. The Morgan fingerprint density at radius 3 is 2.54 bits per heavy atom. The molecule has 0 bridgehead atoms. The van der Waals surface area contributed by atoms with Crippen LogP contribution in [-0.2, 0) is 0 Å². The van der Waals surface area contributed by atoms with E-state index in [2.05, 4.69) is 10.1 Å².